The van der Waals surface area contributed by atoms with Crippen LogP contribution >= 0.6 is 0 Å². The molecule has 0 saturated heterocycles. The van der Waals surface area contributed by atoms with E-state index in [1.165, 1.54) is 21.9 Å². The third kappa shape index (κ3) is 10.2. The molecule has 3 aromatic rings. The van der Waals surface area contributed by atoms with Gasteiger partial charge in [-0.25, -0.2) is 0 Å². The number of hydrogen-bond donors (Lipinski definition) is 2. The maximum atomic E-state index is 13.3. The molecule has 39 heavy (non-hydrogen) atoms. The predicted molar refractivity (Wildman–Crippen MR) is 161 cm³/mol. The van der Waals surface area contributed by atoms with E-state index < -0.39 is 0 Å². The summed E-state index contributed by atoms with van der Waals surface area (Å²) < 4.78 is 5.78. The zero-order valence-corrected chi connectivity index (χ0v) is 23.9. The van der Waals surface area contributed by atoms with Gasteiger partial charge in [0.1, 0.15) is 0 Å². The molecular formula is C33H45N3O3. The topological polar surface area (TPSA) is 79.0 Å². The second-order valence-corrected chi connectivity index (χ2v) is 11.2. The van der Waals surface area contributed by atoms with Gasteiger partial charge in [0.25, 0.3) is 0 Å². The molecule has 0 saturated carbocycles. The maximum absolute atomic E-state index is 13.3. The molecular weight excluding hydrogens is 486 g/mol. The van der Waals surface area contributed by atoms with Crippen molar-refractivity contribution in [3.05, 3.63) is 96.1 Å². The quantitative estimate of drug-likeness (QED) is 0.224. The number of nitrogens with two attached hydrogens (primary N) is 1. The van der Waals surface area contributed by atoms with E-state index in [1.54, 1.807) is 6.08 Å². The molecule has 0 spiro atoms. The summed E-state index contributed by atoms with van der Waals surface area (Å²) in [5.41, 5.74) is 8.16. The van der Waals surface area contributed by atoms with Crippen LogP contribution in [0.1, 0.15) is 31.4 Å². The average molecular weight is 532 g/mol. The number of hydrogen-bond acceptors (Lipinski definition) is 5. The summed E-state index contributed by atoms with van der Waals surface area (Å²) in [4.78, 5) is 17.4. The van der Waals surface area contributed by atoms with Crippen molar-refractivity contribution in [1.29, 1.82) is 0 Å². The smallest absolute Gasteiger partial charge is 0.246 e. The van der Waals surface area contributed by atoms with Crippen molar-refractivity contribution < 1.29 is 14.6 Å². The SMILES string of the molecule is CN(C[C@@H](Cc1ccc2ccccc2c1)N(C)C(=O)C=CCC(C)(C)N)[C@@H](COCCO)Cc1ccccc1. The molecule has 0 aromatic heterocycles. The van der Waals surface area contributed by atoms with Gasteiger partial charge in [-0.15, -0.1) is 0 Å². The monoisotopic (exact) mass is 531 g/mol. The summed E-state index contributed by atoms with van der Waals surface area (Å²) in [6.45, 7) is 5.38. The number of benzene rings is 3. The minimum Gasteiger partial charge on any atom is -0.394 e. The van der Waals surface area contributed by atoms with Crippen LogP contribution in [0.25, 0.3) is 10.8 Å². The first-order valence-electron chi connectivity index (χ1n) is 13.8. The molecule has 0 aliphatic rings. The first-order chi connectivity index (χ1) is 18.7. The fraction of sp³-hybridized carbons (Fsp3) is 0.424. The standard InChI is InChI=1S/C33H45N3O3/c1-33(2,34)18-10-15-32(38)36(4)30(23-27-16-17-28-13-8-9-14-29(28)21-27)24-35(3)31(25-39-20-19-37)22-26-11-6-5-7-12-26/h5-17,21,30-31,37H,18-20,22-25,34H2,1-4H3/t30-,31-/m1/s1. The molecule has 6 nitrogen and oxygen atoms in total. The van der Waals surface area contributed by atoms with Crippen molar-refractivity contribution in [1.82, 2.24) is 9.80 Å². The average Bonchev–Trinajstić information content (AvgIpc) is 2.91. The third-order valence-electron chi connectivity index (χ3n) is 7.07. The van der Waals surface area contributed by atoms with Crippen LogP contribution in [0.2, 0.25) is 0 Å². The third-order valence-corrected chi connectivity index (χ3v) is 7.07. The van der Waals surface area contributed by atoms with Crippen molar-refractivity contribution in [3.63, 3.8) is 0 Å². The number of ether oxygens (including phenoxy) is 1. The van der Waals surface area contributed by atoms with Crippen molar-refractivity contribution >= 4 is 16.7 Å². The van der Waals surface area contributed by atoms with Crippen LogP contribution in [0.15, 0.2) is 84.9 Å². The van der Waals surface area contributed by atoms with Crippen LogP contribution < -0.4 is 5.73 Å². The predicted octanol–water partition coefficient (Wildman–Crippen LogP) is 4.44. The highest BCUT2D eigenvalue weighted by atomic mass is 16.5. The molecule has 0 aliphatic heterocycles. The molecule has 0 radical (unpaired) electrons. The fourth-order valence-electron chi connectivity index (χ4n) is 4.72. The van der Waals surface area contributed by atoms with Crippen LogP contribution in [0.3, 0.4) is 0 Å². The molecule has 3 N–H and O–H groups in total. The van der Waals surface area contributed by atoms with Gasteiger partial charge >= 0.3 is 0 Å². The summed E-state index contributed by atoms with van der Waals surface area (Å²) in [5, 5.41) is 11.6. The molecule has 0 fully saturated rings. The zero-order valence-electron chi connectivity index (χ0n) is 23.9. The van der Waals surface area contributed by atoms with Crippen LogP contribution in [0.5, 0.6) is 0 Å². The molecule has 210 valence electrons. The molecule has 2 atom stereocenters. The van der Waals surface area contributed by atoms with Crippen molar-refractivity contribution in [2.45, 2.75) is 50.7 Å². The number of rotatable bonds is 15. The van der Waals surface area contributed by atoms with Gasteiger partial charge in [-0.05, 0) is 68.1 Å². The normalized spacial score (nSPS) is 13.7. The lowest BCUT2D eigenvalue weighted by Crippen LogP contribution is -2.49. The molecule has 0 unspecified atom stereocenters. The summed E-state index contributed by atoms with van der Waals surface area (Å²) in [6, 6.07) is 25.3. The number of carbonyl (C=O) groups is 1. The largest absolute Gasteiger partial charge is 0.394 e. The highest BCUT2D eigenvalue weighted by molar-refractivity contribution is 5.87. The van der Waals surface area contributed by atoms with Gasteiger partial charge in [-0.1, -0.05) is 78.9 Å². The van der Waals surface area contributed by atoms with Gasteiger partial charge in [0.2, 0.25) is 5.91 Å². The molecule has 6 heteroatoms. The maximum Gasteiger partial charge on any atom is 0.246 e. The minimum absolute atomic E-state index is 0.00442. The molecule has 0 aliphatic carbocycles. The van der Waals surface area contributed by atoms with Crippen molar-refractivity contribution in [3.8, 4) is 0 Å². The first kappa shape index (κ1) is 30.5. The van der Waals surface area contributed by atoms with E-state index in [1.807, 2.05) is 56.1 Å². The number of aliphatic hydroxyl groups is 1. The number of nitrogens with zero attached hydrogens (tertiary/aromatic N) is 2. The molecule has 0 bridgehead atoms. The van der Waals surface area contributed by atoms with Gasteiger partial charge in [0.05, 0.1) is 19.8 Å². The lowest BCUT2D eigenvalue weighted by Gasteiger charge is -2.35. The van der Waals surface area contributed by atoms with Crippen LogP contribution in [0, 0.1) is 0 Å². The van der Waals surface area contributed by atoms with Gasteiger partial charge in [-0.2, -0.15) is 0 Å². The van der Waals surface area contributed by atoms with E-state index in [4.69, 9.17) is 10.5 Å². The zero-order chi connectivity index (χ0) is 28.3. The molecule has 1 amide bonds. The summed E-state index contributed by atoms with van der Waals surface area (Å²) in [6.07, 6.45) is 5.69. The van der Waals surface area contributed by atoms with Gasteiger partial charge in [0.15, 0.2) is 0 Å². The first-order valence-corrected chi connectivity index (χ1v) is 13.8. The Morgan fingerprint density at radius 1 is 0.949 bits per heavy atom. The van der Waals surface area contributed by atoms with E-state index in [0.29, 0.717) is 26.2 Å². The Bertz CT molecular complexity index is 1190. The Hall–Kier alpha value is -3.03. The van der Waals surface area contributed by atoms with Gasteiger partial charge in [-0.3, -0.25) is 9.69 Å². The lowest BCUT2D eigenvalue weighted by atomic mass is 9.99. The van der Waals surface area contributed by atoms with Crippen LogP contribution in [-0.2, 0) is 22.4 Å². The van der Waals surface area contributed by atoms with E-state index in [-0.39, 0.29) is 30.1 Å². The van der Waals surface area contributed by atoms with Crippen molar-refractivity contribution in [2.75, 3.05) is 40.5 Å². The van der Waals surface area contributed by atoms with E-state index >= 15 is 0 Å². The number of amides is 1. The highest BCUT2D eigenvalue weighted by Crippen LogP contribution is 2.19. The highest BCUT2D eigenvalue weighted by Gasteiger charge is 2.25. The van der Waals surface area contributed by atoms with E-state index in [0.717, 1.165) is 12.8 Å². The summed E-state index contributed by atoms with van der Waals surface area (Å²) >= 11 is 0. The second-order valence-electron chi connectivity index (χ2n) is 11.2. The van der Waals surface area contributed by atoms with Gasteiger partial charge in [0, 0.05) is 31.2 Å². The molecule has 3 rings (SSSR count). The molecule has 3 aromatic carbocycles. The Morgan fingerprint density at radius 2 is 1.62 bits per heavy atom. The fourth-order valence-corrected chi connectivity index (χ4v) is 4.72. The Morgan fingerprint density at radius 3 is 2.31 bits per heavy atom. The van der Waals surface area contributed by atoms with Crippen LogP contribution in [0.4, 0.5) is 0 Å². The van der Waals surface area contributed by atoms with E-state index in [2.05, 4.69) is 60.5 Å². The Kier molecular flexibility index (Phi) is 11.7. The van der Waals surface area contributed by atoms with E-state index in [9.17, 15) is 9.90 Å². The second kappa shape index (κ2) is 14.9. The Balaban J connectivity index is 1.82. The number of fused-ring (bicyclic) bond motifs is 1. The lowest BCUT2D eigenvalue weighted by molar-refractivity contribution is -0.127. The summed E-state index contributed by atoms with van der Waals surface area (Å²) in [7, 11) is 3.97. The number of likely N-dealkylation sites (N-methyl/N-ethyl adjacent to an activating group) is 2. The number of aliphatic hydroxyl groups excluding tert-OH is 1. The minimum atomic E-state index is -0.362. The van der Waals surface area contributed by atoms with Gasteiger partial charge < -0.3 is 20.5 Å². The van der Waals surface area contributed by atoms with Crippen molar-refractivity contribution in [2.24, 2.45) is 5.73 Å². The van der Waals surface area contributed by atoms with Crippen LogP contribution in [-0.4, -0.2) is 78.9 Å². The summed E-state index contributed by atoms with van der Waals surface area (Å²) in [5.74, 6) is -0.0328. The number of carbonyl (C=O) groups excluding carboxylic acids is 1. The Labute approximate surface area is 234 Å². The molecule has 0 heterocycles.